The van der Waals surface area contributed by atoms with Crippen LogP contribution in [-0.2, 0) is 22.3 Å². The summed E-state index contributed by atoms with van der Waals surface area (Å²) in [5, 5.41) is 3.16. The minimum atomic E-state index is -4.43. The number of hydrazine groups is 2. The van der Waals surface area contributed by atoms with Crippen molar-refractivity contribution in [2.24, 2.45) is 11.3 Å². The Morgan fingerprint density at radius 2 is 1.91 bits per heavy atom. The zero-order chi connectivity index (χ0) is 23.2. The molecule has 3 unspecified atom stereocenters. The van der Waals surface area contributed by atoms with Crippen LogP contribution in [-0.4, -0.2) is 48.1 Å². The van der Waals surface area contributed by atoms with E-state index in [2.05, 4.69) is 21.7 Å². The Morgan fingerprint density at radius 1 is 1.15 bits per heavy atom. The summed E-state index contributed by atoms with van der Waals surface area (Å²) in [5.41, 5.74) is 8.82. The highest BCUT2D eigenvalue weighted by molar-refractivity contribution is 5.79. The van der Waals surface area contributed by atoms with Crippen LogP contribution in [0.4, 0.5) is 18.0 Å². The lowest BCUT2D eigenvalue weighted by atomic mass is 9.60. The second kappa shape index (κ2) is 8.44. The zero-order valence-electron chi connectivity index (χ0n) is 18.1. The van der Waals surface area contributed by atoms with Gasteiger partial charge in [-0.05, 0) is 49.8 Å². The molecule has 2 saturated carbocycles. The van der Waals surface area contributed by atoms with Crippen molar-refractivity contribution in [3.63, 3.8) is 0 Å². The van der Waals surface area contributed by atoms with Crippen LogP contribution >= 0.6 is 0 Å². The maximum Gasteiger partial charge on any atom is 0.416 e. The Kier molecular flexibility index (Phi) is 5.74. The van der Waals surface area contributed by atoms with Crippen molar-refractivity contribution in [1.82, 2.24) is 26.6 Å². The predicted molar refractivity (Wildman–Crippen MR) is 111 cm³/mol. The van der Waals surface area contributed by atoms with E-state index in [0.717, 1.165) is 44.2 Å². The molecule has 8 nitrogen and oxygen atoms in total. The summed E-state index contributed by atoms with van der Waals surface area (Å²) in [6.07, 6.45) is -0.663. The van der Waals surface area contributed by atoms with E-state index < -0.39 is 17.8 Å². The first-order chi connectivity index (χ1) is 15.7. The number of ether oxygens (including phenoxy) is 1. The van der Waals surface area contributed by atoms with E-state index >= 15 is 0 Å². The minimum Gasteiger partial charge on any atom is -0.445 e. The number of carbonyl (C=O) groups excluding carboxylic acids is 2. The number of nitrogens with one attached hydrogen (secondary N) is 4. The highest BCUT2D eigenvalue weighted by Crippen LogP contribution is 2.48. The van der Waals surface area contributed by atoms with Crippen molar-refractivity contribution in [2.45, 2.75) is 63.0 Å². The largest absolute Gasteiger partial charge is 0.445 e. The number of benzene rings is 1. The molecule has 11 heteroatoms. The monoisotopic (exact) mass is 467 g/mol. The van der Waals surface area contributed by atoms with Crippen LogP contribution in [0.3, 0.4) is 0 Å². The van der Waals surface area contributed by atoms with E-state index in [1.54, 1.807) is 4.90 Å². The average Bonchev–Trinajstić information content (AvgIpc) is 3.20. The van der Waals surface area contributed by atoms with Gasteiger partial charge in [0.05, 0.1) is 5.56 Å². The molecule has 3 atom stereocenters. The number of likely N-dealkylation sites (tertiary alicyclic amines) is 1. The fourth-order valence-corrected chi connectivity index (χ4v) is 5.60. The van der Waals surface area contributed by atoms with Crippen molar-refractivity contribution in [3.8, 4) is 0 Å². The molecule has 4 N–H and O–H groups in total. The van der Waals surface area contributed by atoms with Gasteiger partial charge < -0.3 is 15.0 Å². The molecule has 0 bridgehead atoms. The van der Waals surface area contributed by atoms with Gasteiger partial charge in [0.1, 0.15) is 6.61 Å². The number of rotatable bonds is 4. The maximum atomic E-state index is 12.8. The summed E-state index contributed by atoms with van der Waals surface area (Å²) in [7, 11) is 0. The van der Waals surface area contributed by atoms with Crippen LogP contribution in [0.2, 0.25) is 0 Å². The lowest BCUT2D eigenvalue weighted by Crippen LogP contribution is -2.67. The Labute approximate surface area is 189 Å². The Balaban J connectivity index is 1.02. The number of hydrogen-bond acceptors (Lipinski definition) is 6. The van der Waals surface area contributed by atoms with Crippen molar-refractivity contribution in [1.29, 1.82) is 0 Å². The topological polar surface area (TPSA) is 94.7 Å². The minimum absolute atomic E-state index is 0.0146. The number of amides is 2. The molecule has 1 aromatic carbocycles. The van der Waals surface area contributed by atoms with Gasteiger partial charge in [-0.3, -0.25) is 4.79 Å². The summed E-state index contributed by atoms with van der Waals surface area (Å²) in [6.45, 7) is 0.901. The molecule has 33 heavy (non-hydrogen) atoms. The Hall–Kier alpha value is -2.37. The lowest BCUT2D eigenvalue weighted by molar-refractivity contribution is -0.137. The van der Waals surface area contributed by atoms with E-state index in [-0.39, 0.29) is 35.9 Å². The molecule has 2 aliphatic carbocycles. The summed E-state index contributed by atoms with van der Waals surface area (Å²) in [6, 6.07) is 5.55. The third-order valence-corrected chi connectivity index (χ3v) is 7.37. The highest BCUT2D eigenvalue weighted by Gasteiger charge is 2.54. The fourth-order valence-electron chi connectivity index (χ4n) is 5.60. The van der Waals surface area contributed by atoms with Gasteiger partial charge in [-0.2, -0.15) is 18.7 Å². The first-order valence-corrected chi connectivity index (χ1v) is 11.4. The van der Waals surface area contributed by atoms with Gasteiger partial charge >= 0.3 is 12.3 Å². The molecule has 4 fully saturated rings. The number of alkyl halides is 3. The molecular formula is C22H28F3N5O3. The summed E-state index contributed by atoms with van der Waals surface area (Å²) in [4.78, 5) is 26.5. The molecule has 4 aliphatic rings. The molecule has 0 aromatic heterocycles. The van der Waals surface area contributed by atoms with Crippen LogP contribution in [0.15, 0.2) is 24.3 Å². The Morgan fingerprint density at radius 3 is 2.67 bits per heavy atom. The smallest absolute Gasteiger partial charge is 0.416 e. The number of halogens is 3. The van der Waals surface area contributed by atoms with Crippen molar-refractivity contribution in [2.75, 3.05) is 13.1 Å². The number of hydrogen-bond donors (Lipinski definition) is 4. The van der Waals surface area contributed by atoms with Gasteiger partial charge in [0.15, 0.2) is 0 Å². The molecule has 1 spiro atoms. The van der Waals surface area contributed by atoms with Crippen molar-refractivity contribution < 1.29 is 27.5 Å². The van der Waals surface area contributed by atoms with E-state index in [9.17, 15) is 22.8 Å². The summed E-state index contributed by atoms with van der Waals surface area (Å²) in [5.74, 6) is 0.124. The molecular weight excluding hydrogens is 439 g/mol. The van der Waals surface area contributed by atoms with Crippen LogP contribution in [0.1, 0.15) is 43.2 Å². The quantitative estimate of drug-likeness (QED) is 0.542. The van der Waals surface area contributed by atoms with Crippen molar-refractivity contribution in [3.05, 3.63) is 35.4 Å². The first kappa shape index (κ1) is 22.4. The van der Waals surface area contributed by atoms with Crippen LogP contribution in [0.5, 0.6) is 0 Å². The molecule has 2 aliphatic heterocycles. The van der Waals surface area contributed by atoms with E-state index in [0.29, 0.717) is 24.7 Å². The van der Waals surface area contributed by atoms with Gasteiger partial charge in [-0.15, -0.1) is 0 Å². The molecule has 2 heterocycles. The zero-order valence-corrected chi connectivity index (χ0v) is 18.1. The maximum absolute atomic E-state index is 12.8. The van der Waals surface area contributed by atoms with Crippen LogP contribution in [0.25, 0.3) is 0 Å². The standard InChI is InChI=1S/C22H28F3N5O3/c23-22(24,25)15-3-1-2-13(6-15)10-33-20(32)30-11-21(12-30)8-16(9-21)26-19(31)14-4-5-17-18(7-14)28-29-27-17/h1-3,6,14,16-18,27-29H,4-5,7-12H2,(H,26,31). The lowest BCUT2D eigenvalue weighted by Gasteiger charge is -2.58. The molecule has 180 valence electrons. The van der Waals surface area contributed by atoms with Crippen LogP contribution in [0, 0.1) is 11.3 Å². The van der Waals surface area contributed by atoms with Gasteiger partial charge in [-0.1, -0.05) is 12.1 Å². The molecule has 0 radical (unpaired) electrons. The number of nitrogens with zero attached hydrogens (tertiary/aromatic N) is 1. The van der Waals surface area contributed by atoms with E-state index in [1.807, 2.05) is 0 Å². The van der Waals surface area contributed by atoms with Crippen molar-refractivity contribution >= 4 is 12.0 Å². The van der Waals surface area contributed by atoms with E-state index in [1.165, 1.54) is 12.1 Å². The third-order valence-electron chi connectivity index (χ3n) is 7.37. The molecule has 2 saturated heterocycles. The second-order valence-electron chi connectivity index (χ2n) is 9.86. The van der Waals surface area contributed by atoms with Crippen LogP contribution < -0.4 is 21.7 Å². The van der Waals surface area contributed by atoms with Gasteiger partial charge in [0.25, 0.3) is 0 Å². The van der Waals surface area contributed by atoms with Gasteiger partial charge in [-0.25, -0.2) is 15.6 Å². The second-order valence-corrected chi connectivity index (χ2v) is 9.86. The summed E-state index contributed by atoms with van der Waals surface area (Å²) >= 11 is 0. The highest BCUT2D eigenvalue weighted by atomic mass is 19.4. The number of carbonyl (C=O) groups is 2. The average molecular weight is 467 g/mol. The molecule has 5 rings (SSSR count). The third kappa shape index (κ3) is 4.67. The summed E-state index contributed by atoms with van der Waals surface area (Å²) < 4.78 is 43.6. The van der Waals surface area contributed by atoms with E-state index in [4.69, 9.17) is 4.74 Å². The first-order valence-electron chi connectivity index (χ1n) is 11.4. The molecule has 2 amide bonds. The predicted octanol–water partition coefficient (Wildman–Crippen LogP) is 2.07. The normalized spacial score (nSPS) is 28.6. The van der Waals surface area contributed by atoms with Gasteiger partial charge in [0, 0.05) is 42.5 Å². The SMILES string of the molecule is O=C(NC1CC2(C1)CN(C(=O)OCc1cccc(C(F)(F)F)c1)C2)C1CCC2NNNC2C1. The van der Waals surface area contributed by atoms with Gasteiger partial charge in [0.2, 0.25) is 5.91 Å². The molecule has 1 aromatic rings. The number of fused-ring (bicyclic) bond motifs is 1. The Bertz CT molecular complexity index is 913. The fraction of sp³-hybridized carbons (Fsp3) is 0.636.